The zero-order valence-corrected chi connectivity index (χ0v) is 17.3. The maximum absolute atomic E-state index is 15.3. The van der Waals surface area contributed by atoms with Crippen molar-refractivity contribution in [1.82, 2.24) is 14.5 Å². The van der Waals surface area contributed by atoms with Crippen molar-refractivity contribution in [2.45, 2.75) is 63.3 Å². The summed E-state index contributed by atoms with van der Waals surface area (Å²) in [4.78, 5) is 28.5. The van der Waals surface area contributed by atoms with Gasteiger partial charge in [0.25, 0.3) is 5.56 Å². The molecule has 1 saturated carbocycles. The van der Waals surface area contributed by atoms with Crippen LogP contribution < -0.4 is 27.6 Å². The summed E-state index contributed by atoms with van der Waals surface area (Å²) in [5.74, 6) is -3.83. The molecule has 3 aliphatic rings. The van der Waals surface area contributed by atoms with E-state index in [9.17, 15) is 32.3 Å². The van der Waals surface area contributed by atoms with Gasteiger partial charge < -0.3 is 10.8 Å². The number of nitrogens with two attached hydrogens (primary N) is 1. The van der Waals surface area contributed by atoms with E-state index in [1.807, 2.05) is 0 Å². The number of halogens is 5. The number of hydrogen-bond donors (Lipinski definition) is 3. The topological polar surface area (TPSA) is 104 Å². The first-order valence-electron chi connectivity index (χ1n) is 10.5. The molecule has 4 atom stereocenters. The summed E-state index contributed by atoms with van der Waals surface area (Å²) in [5, 5.41) is 10.4. The number of alkyl halides is 5. The molecule has 2 aliphatic carbocycles. The van der Waals surface area contributed by atoms with Gasteiger partial charge in [0, 0.05) is 18.6 Å². The Hall–Kier alpha value is -2.21. The van der Waals surface area contributed by atoms with Crippen molar-refractivity contribution in [1.29, 1.82) is 0 Å². The van der Waals surface area contributed by atoms with E-state index in [0.29, 0.717) is 18.4 Å². The number of hydrogen-bond acceptors (Lipinski definition) is 5. The molecule has 0 bridgehead atoms. The molecule has 1 aromatic heterocycles. The minimum Gasteiger partial charge on any atom is -0.508 e. The van der Waals surface area contributed by atoms with Crippen LogP contribution in [0.3, 0.4) is 0 Å². The van der Waals surface area contributed by atoms with Crippen LogP contribution in [0.2, 0.25) is 0 Å². The van der Waals surface area contributed by atoms with Crippen molar-refractivity contribution in [2.75, 3.05) is 13.1 Å². The fraction of sp³-hybridized carbons (Fsp3) is 0.700. The summed E-state index contributed by atoms with van der Waals surface area (Å²) in [5.41, 5.74) is 4.56. The van der Waals surface area contributed by atoms with Gasteiger partial charge in [-0.15, -0.1) is 0 Å². The molecule has 32 heavy (non-hydrogen) atoms. The molecule has 4 unspecified atom stereocenters. The molecular weight excluding hydrogens is 439 g/mol. The summed E-state index contributed by atoms with van der Waals surface area (Å²) in [6.07, 6.45) is -7.00. The van der Waals surface area contributed by atoms with Gasteiger partial charge in [0.2, 0.25) is 12.9 Å². The highest BCUT2D eigenvalue weighted by Crippen LogP contribution is 2.35. The molecule has 0 radical (unpaired) electrons. The molecule has 1 aromatic rings. The molecule has 0 spiro atoms. The molecule has 4 rings (SSSR count). The Morgan fingerprint density at radius 2 is 1.75 bits per heavy atom. The number of nitrogens with zero attached hydrogens (tertiary/aromatic N) is 2. The van der Waals surface area contributed by atoms with Crippen LogP contribution in [-0.2, 0) is 0 Å². The van der Waals surface area contributed by atoms with Crippen LogP contribution in [0.4, 0.5) is 22.0 Å². The number of aromatic amines is 1. The van der Waals surface area contributed by atoms with Gasteiger partial charge in [0.15, 0.2) is 6.17 Å². The summed E-state index contributed by atoms with van der Waals surface area (Å²) in [7, 11) is 0. The molecule has 12 heteroatoms. The van der Waals surface area contributed by atoms with E-state index < -0.39 is 60.0 Å². The monoisotopic (exact) mass is 464 g/mol. The second-order valence-electron chi connectivity index (χ2n) is 8.87. The fourth-order valence-corrected chi connectivity index (χ4v) is 5.10. The van der Waals surface area contributed by atoms with E-state index in [-0.39, 0.29) is 36.1 Å². The van der Waals surface area contributed by atoms with Gasteiger partial charge in [-0.3, -0.25) is 19.2 Å². The number of nitrogens with one attached hydrogen (secondary N) is 1. The number of rotatable bonds is 6. The number of aromatic nitrogens is 2. The zero-order chi connectivity index (χ0) is 23.5. The highest BCUT2D eigenvalue weighted by Gasteiger charge is 2.45. The Kier molecular flexibility index (Phi) is 5.95. The SMILES string of the molecule is CC1=c2c(c(=O)[nH]c(=O)n2C2CC2)=C(O)C(F)C1N1CCC(C(N)C(C(F)F)C(F)F)C1. The average Bonchev–Trinajstić information content (AvgIpc) is 3.41. The van der Waals surface area contributed by atoms with Crippen molar-refractivity contribution in [3.05, 3.63) is 31.4 Å². The summed E-state index contributed by atoms with van der Waals surface area (Å²) >= 11 is 0. The van der Waals surface area contributed by atoms with Crippen LogP contribution in [0.15, 0.2) is 9.59 Å². The lowest BCUT2D eigenvalue weighted by Crippen LogP contribution is -2.61. The minimum atomic E-state index is -3.29. The van der Waals surface area contributed by atoms with E-state index in [4.69, 9.17) is 5.73 Å². The first-order chi connectivity index (χ1) is 15.0. The Morgan fingerprint density at radius 3 is 2.31 bits per heavy atom. The van der Waals surface area contributed by atoms with Crippen molar-refractivity contribution in [3.8, 4) is 0 Å². The number of likely N-dealkylation sites (tertiary alicyclic amines) is 1. The van der Waals surface area contributed by atoms with Crippen LogP contribution >= 0.6 is 0 Å². The van der Waals surface area contributed by atoms with Crippen LogP contribution in [0.5, 0.6) is 0 Å². The van der Waals surface area contributed by atoms with E-state index in [1.165, 1.54) is 4.57 Å². The Balaban J connectivity index is 1.73. The standard InChI is InChI=1S/C20H25F5N4O3/c1-7-14-11(19(31)27-20(32)29(14)9-2-3-9)16(30)12(21)15(7)28-5-4-8(6-28)13(26)10(17(22)23)18(24)25/h8-10,12-13,15,17-18,30H,2-6,26H2,1H3,(H,27,31,32). The Labute approximate surface area is 179 Å². The van der Waals surface area contributed by atoms with Gasteiger partial charge in [-0.05, 0) is 44.2 Å². The van der Waals surface area contributed by atoms with E-state index in [0.717, 1.165) is 0 Å². The fourth-order valence-electron chi connectivity index (χ4n) is 5.10. The second kappa shape index (κ2) is 8.29. The molecule has 7 nitrogen and oxygen atoms in total. The number of fused-ring (bicyclic) bond motifs is 1. The third kappa shape index (κ3) is 3.66. The van der Waals surface area contributed by atoms with Crippen LogP contribution in [0.1, 0.15) is 32.2 Å². The third-order valence-corrected chi connectivity index (χ3v) is 6.89. The molecule has 2 heterocycles. The van der Waals surface area contributed by atoms with Crippen LogP contribution in [-0.4, -0.2) is 63.8 Å². The first-order valence-corrected chi connectivity index (χ1v) is 10.5. The number of aliphatic hydroxyl groups is 1. The lowest BCUT2D eigenvalue weighted by Gasteiger charge is -2.34. The summed E-state index contributed by atoms with van der Waals surface area (Å²) in [6.45, 7) is 1.70. The van der Waals surface area contributed by atoms with Gasteiger partial charge in [-0.2, -0.15) is 0 Å². The highest BCUT2D eigenvalue weighted by atomic mass is 19.3. The van der Waals surface area contributed by atoms with Crippen molar-refractivity contribution < 1.29 is 27.1 Å². The molecule has 0 aromatic carbocycles. The third-order valence-electron chi connectivity index (χ3n) is 6.89. The summed E-state index contributed by atoms with van der Waals surface area (Å²) < 4.78 is 69.1. The lowest BCUT2D eigenvalue weighted by atomic mass is 9.88. The van der Waals surface area contributed by atoms with Crippen molar-refractivity contribution >= 4 is 11.3 Å². The molecule has 1 saturated heterocycles. The number of aliphatic hydroxyl groups excluding tert-OH is 1. The molecule has 178 valence electrons. The minimum absolute atomic E-state index is 0.0288. The van der Waals surface area contributed by atoms with E-state index in [2.05, 4.69) is 4.98 Å². The predicted octanol–water partition coefficient (Wildman–Crippen LogP) is 0.224. The van der Waals surface area contributed by atoms with Gasteiger partial charge in [-0.25, -0.2) is 26.7 Å². The molecule has 0 amide bonds. The quantitative estimate of drug-likeness (QED) is 0.523. The van der Waals surface area contributed by atoms with Gasteiger partial charge in [0.1, 0.15) is 11.0 Å². The van der Waals surface area contributed by atoms with Gasteiger partial charge in [0.05, 0.1) is 17.3 Å². The normalized spacial score (nSPS) is 27.6. The number of H-pyrrole nitrogens is 1. The highest BCUT2D eigenvalue weighted by molar-refractivity contribution is 5.60. The van der Waals surface area contributed by atoms with E-state index in [1.54, 1.807) is 11.8 Å². The van der Waals surface area contributed by atoms with Crippen LogP contribution in [0, 0.1) is 11.8 Å². The Morgan fingerprint density at radius 1 is 1.12 bits per heavy atom. The molecular formula is C20H25F5N4O3. The van der Waals surface area contributed by atoms with Crippen molar-refractivity contribution in [3.63, 3.8) is 0 Å². The Bertz CT molecular complexity index is 1120. The molecule has 1 aliphatic heterocycles. The van der Waals surface area contributed by atoms with Crippen molar-refractivity contribution in [2.24, 2.45) is 17.6 Å². The molecule has 4 N–H and O–H groups in total. The zero-order valence-electron chi connectivity index (χ0n) is 17.3. The first kappa shape index (κ1) is 23.0. The van der Waals surface area contributed by atoms with E-state index >= 15 is 4.39 Å². The maximum Gasteiger partial charge on any atom is 0.329 e. The predicted molar refractivity (Wildman–Crippen MR) is 106 cm³/mol. The lowest BCUT2D eigenvalue weighted by molar-refractivity contribution is -0.0473. The van der Waals surface area contributed by atoms with Gasteiger partial charge >= 0.3 is 5.69 Å². The van der Waals surface area contributed by atoms with Gasteiger partial charge in [-0.1, -0.05) is 0 Å². The van der Waals surface area contributed by atoms with Crippen LogP contribution in [0.25, 0.3) is 11.3 Å². The summed E-state index contributed by atoms with van der Waals surface area (Å²) in [6, 6.07) is -2.74. The smallest absolute Gasteiger partial charge is 0.329 e. The second-order valence-corrected chi connectivity index (χ2v) is 8.87. The average molecular weight is 464 g/mol. The molecule has 2 fully saturated rings. The largest absolute Gasteiger partial charge is 0.508 e. The maximum atomic E-state index is 15.3.